The fourth-order valence-corrected chi connectivity index (χ4v) is 3.45. The number of carbonyl (C=O) groups is 2. The Bertz CT molecular complexity index is 970. The van der Waals surface area contributed by atoms with Crippen molar-refractivity contribution < 1.29 is 9.59 Å². The summed E-state index contributed by atoms with van der Waals surface area (Å²) in [5, 5.41) is 4.13. The van der Waals surface area contributed by atoms with E-state index in [4.69, 9.17) is 0 Å². The monoisotopic (exact) mass is 377 g/mol. The summed E-state index contributed by atoms with van der Waals surface area (Å²) in [5.74, 6) is -0.193. The van der Waals surface area contributed by atoms with E-state index in [0.717, 1.165) is 35.2 Å². The Morgan fingerprint density at radius 2 is 1.75 bits per heavy atom. The van der Waals surface area contributed by atoms with Crippen LogP contribution in [-0.2, 0) is 16.0 Å². The molecule has 0 saturated heterocycles. The lowest BCUT2D eigenvalue weighted by Crippen LogP contribution is -2.35. The van der Waals surface area contributed by atoms with Gasteiger partial charge in [0.2, 0.25) is 11.8 Å². The maximum Gasteiger partial charge on any atom is 0.243 e. The fraction of sp³-hybridized carbons (Fsp3) is 0.304. The molecule has 146 valence electrons. The first-order valence-corrected chi connectivity index (χ1v) is 9.60. The minimum Gasteiger partial charge on any atom is -0.361 e. The number of aryl methyl sites for hydroxylation is 3. The molecule has 0 aliphatic carbocycles. The van der Waals surface area contributed by atoms with Crippen molar-refractivity contribution in [1.29, 1.82) is 0 Å². The Morgan fingerprint density at radius 3 is 2.50 bits per heavy atom. The van der Waals surface area contributed by atoms with Crippen LogP contribution in [0.15, 0.2) is 48.7 Å². The van der Waals surface area contributed by atoms with Crippen molar-refractivity contribution in [3.8, 4) is 0 Å². The van der Waals surface area contributed by atoms with Crippen molar-refractivity contribution in [2.75, 3.05) is 18.9 Å². The smallest absolute Gasteiger partial charge is 0.243 e. The van der Waals surface area contributed by atoms with Gasteiger partial charge < -0.3 is 15.2 Å². The van der Waals surface area contributed by atoms with Gasteiger partial charge in [0, 0.05) is 36.3 Å². The quantitative estimate of drug-likeness (QED) is 0.648. The van der Waals surface area contributed by atoms with Gasteiger partial charge in [-0.3, -0.25) is 9.59 Å². The summed E-state index contributed by atoms with van der Waals surface area (Å²) in [7, 11) is 1.68. The van der Waals surface area contributed by atoms with Gasteiger partial charge in [0.25, 0.3) is 0 Å². The molecule has 0 atom stereocenters. The van der Waals surface area contributed by atoms with Crippen LogP contribution >= 0.6 is 0 Å². The van der Waals surface area contributed by atoms with Crippen molar-refractivity contribution in [3.05, 3.63) is 65.4 Å². The largest absolute Gasteiger partial charge is 0.361 e. The van der Waals surface area contributed by atoms with E-state index in [1.165, 1.54) is 15.8 Å². The number of rotatable bonds is 7. The maximum atomic E-state index is 12.4. The number of aromatic nitrogens is 1. The molecule has 0 spiro atoms. The average Bonchev–Trinajstić information content (AvgIpc) is 3.08. The number of benzene rings is 2. The number of nitrogens with one attached hydrogen (secondary N) is 2. The van der Waals surface area contributed by atoms with Gasteiger partial charge in [0.15, 0.2) is 0 Å². The molecule has 1 aromatic heterocycles. The summed E-state index contributed by atoms with van der Waals surface area (Å²) in [6.45, 7) is 3.98. The third-order valence-electron chi connectivity index (χ3n) is 5.06. The number of carbonyl (C=O) groups excluding carboxylic acids is 2. The van der Waals surface area contributed by atoms with Crippen LogP contribution in [-0.4, -0.2) is 35.3 Å². The summed E-state index contributed by atoms with van der Waals surface area (Å²) in [4.78, 5) is 29.5. The van der Waals surface area contributed by atoms with E-state index in [9.17, 15) is 9.59 Å². The number of hydrogen-bond donors (Lipinski definition) is 2. The Kier molecular flexibility index (Phi) is 6.14. The number of anilines is 1. The third-order valence-corrected chi connectivity index (χ3v) is 5.06. The molecule has 5 nitrogen and oxygen atoms in total. The summed E-state index contributed by atoms with van der Waals surface area (Å²) < 4.78 is 0. The lowest BCUT2D eigenvalue weighted by Gasteiger charge is -2.18. The number of fused-ring (bicyclic) bond motifs is 1. The van der Waals surface area contributed by atoms with Crippen molar-refractivity contribution in [2.45, 2.75) is 33.1 Å². The molecule has 28 heavy (non-hydrogen) atoms. The van der Waals surface area contributed by atoms with Crippen molar-refractivity contribution in [2.24, 2.45) is 0 Å². The number of amides is 2. The maximum absolute atomic E-state index is 12.4. The molecular weight excluding hydrogens is 350 g/mol. The zero-order chi connectivity index (χ0) is 20.1. The molecule has 0 saturated carbocycles. The van der Waals surface area contributed by atoms with Gasteiger partial charge in [-0.25, -0.2) is 0 Å². The Balaban J connectivity index is 1.48. The van der Waals surface area contributed by atoms with Crippen LogP contribution in [0.2, 0.25) is 0 Å². The van der Waals surface area contributed by atoms with E-state index >= 15 is 0 Å². The predicted molar refractivity (Wildman–Crippen MR) is 113 cm³/mol. The molecule has 1 heterocycles. The SMILES string of the molecule is Cc1cccc(C)c1NC(=O)CN(C)C(=O)CCCc1c[nH]c2ccccc12. The lowest BCUT2D eigenvalue weighted by atomic mass is 10.1. The highest BCUT2D eigenvalue weighted by Crippen LogP contribution is 2.20. The normalized spacial score (nSPS) is 10.8. The molecule has 2 amide bonds. The number of para-hydroxylation sites is 2. The molecule has 0 unspecified atom stereocenters. The number of H-pyrrole nitrogens is 1. The van der Waals surface area contributed by atoms with Crippen LogP contribution in [0.5, 0.6) is 0 Å². The lowest BCUT2D eigenvalue weighted by molar-refractivity contribution is -0.133. The second kappa shape index (κ2) is 8.74. The average molecular weight is 377 g/mol. The van der Waals surface area contributed by atoms with Gasteiger partial charge in [-0.05, 0) is 49.4 Å². The van der Waals surface area contributed by atoms with Gasteiger partial charge in [-0.15, -0.1) is 0 Å². The second-order valence-corrected chi connectivity index (χ2v) is 7.28. The minimum atomic E-state index is -0.176. The summed E-state index contributed by atoms with van der Waals surface area (Å²) in [6, 6.07) is 14.0. The Hall–Kier alpha value is -3.08. The highest BCUT2D eigenvalue weighted by molar-refractivity contribution is 5.95. The van der Waals surface area contributed by atoms with Crippen LogP contribution in [0.3, 0.4) is 0 Å². The van der Waals surface area contributed by atoms with Crippen LogP contribution in [0.1, 0.15) is 29.5 Å². The predicted octanol–water partition coefficient (Wildman–Crippen LogP) is 4.20. The molecule has 5 heteroatoms. The summed E-state index contributed by atoms with van der Waals surface area (Å²) in [5.41, 5.74) is 5.19. The van der Waals surface area contributed by atoms with Crippen molar-refractivity contribution in [3.63, 3.8) is 0 Å². The first-order chi connectivity index (χ1) is 13.5. The van der Waals surface area contributed by atoms with Gasteiger partial charge in [-0.2, -0.15) is 0 Å². The van der Waals surface area contributed by atoms with Gasteiger partial charge in [0.1, 0.15) is 0 Å². The van der Waals surface area contributed by atoms with E-state index in [-0.39, 0.29) is 18.4 Å². The Labute approximate surface area is 165 Å². The van der Waals surface area contributed by atoms with E-state index in [2.05, 4.69) is 16.4 Å². The highest BCUT2D eigenvalue weighted by Gasteiger charge is 2.14. The van der Waals surface area contributed by atoms with E-state index in [1.807, 2.05) is 56.4 Å². The molecule has 0 aliphatic rings. The number of aromatic amines is 1. The molecule has 2 aromatic carbocycles. The van der Waals surface area contributed by atoms with E-state index < -0.39 is 0 Å². The minimum absolute atomic E-state index is 0.0171. The molecule has 0 bridgehead atoms. The fourth-order valence-electron chi connectivity index (χ4n) is 3.45. The molecule has 2 N–H and O–H groups in total. The number of hydrogen-bond acceptors (Lipinski definition) is 2. The van der Waals surface area contributed by atoms with Gasteiger partial charge in [0.05, 0.1) is 6.54 Å². The molecule has 0 aliphatic heterocycles. The summed E-state index contributed by atoms with van der Waals surface area (Å²) in [6.07, 6.45) is 4.02. The zero-order valence-electron chi connectivity index (χ0n) is 16.7. The third kappa shape index (κ3) is 4.60. The molecule has 3 rings (SSSR count). The van der Waals surface area contributed by atoms with Crippen molar-refractivity contribution in [1.82, 2.24) is 9.88 Å². The second-order valence-electron chi connectivity index (χ2n) is 7.28. The topological polar surface area (TPSA) is 65.2 Å². The van der Waals surface area contributed by atoms with Crippen molar-refractivity contribution >= 4 is 28.4 Å². The molecule has 3 aromatic rings. The molecular formula is C23H27N3O2. The summed E-state index contributed by atoms with van der Waals surface area (Å²) >= 11 is 0. The van der Waals surface area contributed by atoms with Crippen LogP contribution in [0.4, 0.5) is 5.69 Å². The first-order valence-electron chi connectivity index (χ1n) is 9.60. The van der Waals surface area contributed by atoms with Crippen LogP contribution < -0.4 is 5.32 Å². The molecule has 0 fully saturated rings. The van der Waals surface area contributed by atoms with Crippen LogP contribution in [0.25, 0.3) is 10.9 Å². The number of nitrogens with zero attached hydrogens (tertiary/aromatic N) is 1. The highest BCUT2D eigenvalue weighted by atomic mass is 16.2. The van der Waals surface area contributed by atoms with E-state index in [0.29, 0.717) is 6.42 Å². The molecule has 0 radical (unpaired) electrons. The Morgan fingerprint density at radius 1 is 1.04 bits per heavy atom. The van der Waals surface area contributed by atoms with Gasteiger partial charge >= 0.3 is 0 Å². The first kappa shape index (κ1) is 19.7. The standard InChI is InChI=1S/C23H27N3O2/c1-16-8-6-9-17(2)23(16)25-21(27)15-26(3)22(28)13-7-10-18-14-24-20-12-5-4-11-19(18)20/h4-6,8-9,11-12,14,24H,7,10,13,15H2,1-3H3,(H,25,27). The zero-order valence-corrected chi connectivity index (χ0v) is 16.7. The number of likely N-dealkylation sites (N-methyl/N-ethyl adjacent to an activating group) is 1. The van der Waals surface area contributed by atoms with E-state index in [1.54, 1.807) is 7.05 Å². The van der Waals surface area contributed by atoms with Gasteiger partial charge in [-0.1, -0.05) is 36.4 Å². The van der Waals surface area contributed by atoms with Crippen LogP contribution in [0, 0.1) is 13.8 Å².